The van der Waals surface area contributed by atoms with Gasteiger partial charge in [-0.1, -0.05) is 33.1 Å². The van der Waals surface area contributed by atoms with E-state index < -0.39 is 0 Å². The molecule has 1 fully saturated rings. The van der Waals surface area contributed by atoms with Gasteiger partial charge in [0, 0.05) is 6.20 Å². The summed E-state index contributed by atoms with van der Waals surface area (Å²) in [6, 6.07) is 2.62. The fourth-order valence-corrected chi connectivity index (χ4v) is 2.92. The van der Waals surface area contributed by atoms with Gasteiger partial charge in [0.2, 0.25) is 0 Å². The van der Waals surface area contributed by atoms with Crippen LogP contribution in [0.4, 0.5) is 0 Å². The zero-order valence-corrected chi connectivity index (χ0v) is 11.5. The maximum atomic E-state index is 9.05. The SMILES string of the molecule is CC(C)c1cnn(C(CC#N)C2CCCCC2)c1. The summed E-state index contributed by atoms with van der Waals surface area (Å²) in [6.45, 7) is 4.36. The molecule has 3 nitrogen and oxygen atoms in total. The predicted octanol–water partition coefficient (Wildman–Crippen LogP) is 4.04. The molecule has 1 aliphatic carbocycles. The largest absolute Gasteiger partial charge is 0.268 e. The minimum atomic E-state index is 0.280. The molecule has 18 heavy (non-hydrogen) atoms. The fraction of sp³-hybridized carbons (Fsp3) is 0.733. The Labute approximate surface area is 110 Å². The van der Waals surface area contributed by atoms with Crippen LogP contribution < -0.4 is 0 Å². The topological polar surface area (TPSA) is 41.6 Å². The van der Waals surface area contributed by atoms with Crippen LogP contribution in [0.15, 0.2) is 12.4 Å². The third kappa shape index (κ3) is 2.93. The molecule has 0 N–H and O–H groups in total. The van der Waals surface area contributed by atoms with E-state index in [1.54, 1.807) is 0 Å². The number of hydrogen-bond acceptors (Lipinski definition) is 2. The maximum Gasteiger partial charge on any atom is 0.0677 e. The zero-order valence-electron chi connectivity index (χ0n) is 11.5. The number of rotatable bonds is 4. The van der Waals surface area contributed by atoms with Gasteiger partial charge in [-0.05, 0) is 30.2 Å². The van der Waals surface area contributed by atoms with Crippen molar-refractivity contribution in [2.75, 3.05) is 0 Å². The Balaban J connectivity index is 2.15. The molecule has 0 aromatic carbocycles. The van der Waals surface area contributed by atoms with Crippen molar-refractivity contribution in [1.29, 1.82) is 5.26 Å². The predicted molar refractivity (Wildman–Crippen MR) is 72.2 cm³/mol. The number of nitriles is 1. The minimum absolute atomic E-state index is 0.280. The van der Waals surface area contributed by atoms with E-state index in [1.165, 1.54) is 37.7 Å². The van der Waals surface area contributed by atoms with E-state index in [4.69, 9.17) is 5.26 Å². The Morgan fingerprint density at radius 3 is 2.67 bits per heavy atom. The highest BCUT2D eigenvalue weighted by Gasteiger charge is 2.25. The fourth-order valence-electron chi connectivity index (χ4n) is 2.92. The Hall–Kier alpha value is -1.30. The van der Waals surface area contributed by atoms with Gasteiger partial charge >= 0.3 is 0 Å². The molecule has 0 bridgehead atoms. The summed E-state index contributed by atoms with van der Waals surface area (Å²) < 4.78 is 2.05. The van der Waals surface area contributed by atoms with Crippen LogP contribution in [0.3, 0.4) is 0 Å². The van der Waals surface area contributed by atoms with Crippen LogP contribution in [-0.4, -0.2) is 9.78 Å². The van der Waals surface area contributed by atoms with Gasteiger partial charge in [0.15, 0.2) is 0 Å². The summed E-state index contributed by atoms with van der Waals surface area (Å²) in [5, 5.41) is 13.6. The van der Waals surface area contributed by atoms with Crippen molar-refractivity contribution in [2.24, 2.45) is 5.92 Å². The van der Waals surface area contributed by atoms with Crippen LogP contribution in [-0.2, 0) is 0 Å². The zero-order chi connectivity index (χ0) is 13.0. The second kappa shape index (κ2) is 6.04. The van der Waals surface area contributed by atoms with Gasteiger partial charge in [0.25, 0.3) is 0 Å². The lowest BCUT2D eigenvalue weighted by Crippen LogP contribution is -2.22. The molecule has 2 rings (SSSR count). The number of aromatic nitrogens is 2. The van der Waals surface area contributed by atoms with E-state index in [0.29, 0.717) is 18.3 Å². The Bertz CT molecular complexity index is 408. The van der Waals surface area contributed by atoms with E-state index in [9.17, 15) is 0 Å². The first-order valence-electron chi connectivity index (χ1n) is 7.13. The van der Waals surface area contributed by atoms with Crippen molar-refractivity contribution >= 4 is 0 Å². The summed E-state index contributed by atoms with van der Waals surface area (Å²) in [6.07, 6.45) is 11.2. The highest BCUT2D eigenvalue weighted by Crippen LogP contribution is 2.34. The van der Waals surface area contributed by atoms with Gasteiger partial charge in [0.1, 0.15) is 0 Å². The molecule has 1 saturated carbocycles. The molecule has 0 amide bonds. The molecule has 1 heterocycles. The molecule has 0 saturated heterocycles. The molecule has 3 heteroatoms. The number of hydrogen-bond donors (Lipinski definition) is 0. The second-order valence-electron chi connectivity index (χ2n) is 5.74. The van der Waals surface area contributed by atoms with Crippen molar-refractivity contribution < 1.29 is 0 Å². The van der Waals surface area contributed by atoms with Gasteiger partial charge in [0.05, 0.1) is 24.7 Å². The summed E-state index contributed by atoms with van der Waals surface area (Å²) in [7, 11) is 0. The van der Waals surface area contributed by atoms with Gasteiger partial charge in [-0.15, -0.1) is 0 Å². The average Bonchev–Trinajstić information content (AvgIpc) is 2.86. The van der Waals surface area contributed by atoms with E-state index in [1.807, 2.05) is 6.20 Å². The van der Waals surface area contributed by atoms with E-state index >= 15 is 0 Å². The van der Waals surface area contributed by atoms with E-state index in [0.717, 1.165) is 0 Å². The molecular weight excluding hydrogens is 222 g/mol. The molecule has 0 spiro atoms. The van der Waals surface area contributed by atoms with Crippen LogP contribution in [0.2, 0.25) is 0 Å². The summed E-state index contributed by atoms with van der Waals surface area (Å²) >= 11 is 0. The minimum Gasteiger partial charge on any atom is -0.268 e. The number of nitrogens with zero attached hydrogens (tertiary/aromatic N) is 3. The monoisotopic (exact) mass is 245 g/mol. The lowest BCUT2D eigenvalue weighted by atomic mass is 9.83. The first kappa shape index (κ1) is 13.1. The highest BCUT2D eigenvalue weighted by molar-refractivity contribution is 5.09. The Morgan fingerprint density at radius 1 is 1.39 bits per heavy atom. The van der Waals surface area contributed by atoms with Gasteiger partial charge in [-0.3, -0.25) is 4.68 Å². The highest BCUT2D eigenvalue weighted by atomic mass is 15.3. The first-order valence-corrected chi connectivity index (χ1v) is 7.13. The summed E-state index contributed by atoms with van der Waals surface area (Å²) in [4.78, 5) is 0. The van der Waals surface area contributed by atoms with Gasteiger partial charge in [-0.25, -0.2) is 0 Å². The van der Waals surface area contributed by atoms with Crippen molar-refractivity contribution in [3.63, 3.8) is 0 Å². The van der Waals surface area contributed by atoms with Crippen molar-refractivity contribution in [2.45, 2.75) is 64.3 Å². The molecule has 98 valence electrons. The molecule has 1 aromatic rings. The maximum absolute atomic E-state index is 9.05. The Morgan fingerprint density at radius 2 is 2.11 bits per heavy atom. The average molecular weight is 245 g/mol. The quantitative estimate of drug-likeness (QED) is 0.803. The molecule has 1 aromatic heterocycles. The standard InChI is InChI=1S/C15H23N3/c1-12(2)14-10-17-18(11-14)15(8-9-16)13-6-4-3-5-7-13/h10-13,15H,3-8H2,1-2H3. The third-order valence-corrected chi connectivity index (χ3v) is 4.12. The van der Waals surface area contributed by atoms with Crippen molar-refractivity contribution in [1.82, 2.24) is 9.78 Å². The molecule has 0 radical (unpaired) electrons. The molecule has 1 atom stereocenters. The van der Waals surface area contributed by atoms with Crippen LogP contribution in [0, 0.1) is 17.2 Å². The molecular formula is C15H23N3. The summed E-state index contributed by atoms with van der Waals surface area (Å²) in [5.41, 5.74) is 1.27. The van der Waals surface area contributed by atoms with E-state index in [-0.39, 0.29) is 6.04 Å². The lowest BCUT2D eigenvalue weighted by Gasteiger charge is -2.29. The van der Waals surface area contributed by atoms with E-state index in [2.05, 4.69) is 35.9 Å². The van der Waals surface area contributed by atoms with Crippen LogP contribution in [0.25, 0.3) is 0 Å². The molecule has 1 unspecified atom stereocenters. The van der Waals surface area contributed by atoms with Crippen LogP contribution >= 0.6 is 0 Å². The third-order valence-electron chi connectivity index (χ3n) is 4.12. The van der Waals surface area contributed by atoms with Gasteiger partial charge in [-0.2, -0.15) is 10.4 Å². The van der Waals surface area contributed by atoms with Crippen molar-refractivity contribution in [3.8, 4) is 6.07 Å². The first-order chi connectivity index (χ1) is 8.72. The van der Waals surface area contributed by atoms with Crippen LogP contribution in [0.1, 0.15) is 69.9 Å². The molecule has 0 aliphatic heterocycles. The Kier molecular flexibility index (Phi) is 4.41. The normalized spacial score (nSPS) is 18.8. The summed E-state index contributed by atoms with van der Waals surface area (Å²) in [5.74, 6) is 1.14. The van der Waals surface area contributed by atoms with Crippen LogP contribution in [0.5, 0.6) is 0 Å². The smallest absolute Gasteiger partial charge is 0.0677 e. The molecule has 1 aliphatic rings. The van der Waals surface area contributed by atoms with Gasteiger partial charge < -0.3 is 0 Å². The van der Waals surface area contributed by atoms with Crippen molar-refractivity contribution in [3.05, 3.63) is 18.0 Å². The lowest BCUT2D eigenvalue weighted by molar-refractivity contribution is 0.237. The second-order valence-corrected chi connectivity index (χ2v) is 5.74.